The number of benzene rings is 1. The van der Waals surface area contributed by atoms with E-state index in [0.717, 1.165) is 11.8 Å². The Kier molecular flexibility index (Phi) is 3.24. The molecule has 0 radical (unpaired) electrons. The molecule has 16 heavy (non-hydrogen) atoms. The zero-order chi connectivity index (χ0) is 11.5. The quantitative estimate of drug-likeness (QED) is 0.828. The maximum Gasteiger partial charge on any atom is 0.149 e. The Labute approximate surface area is 99.8 Å². The lowest BCUT2D eigenvalue weighted by Gasteiger charge is -2.07. The summed E-state index contributed by atoms with van der Waals surface area (Å²) in [7, 11) is 0. The van der Waals surface area contributed by atoms with Gasteiger partial charge < -0.3 is 10.3 Å². The van der Waals surface area contributed by atoms with Crippen LogP contribution in [0.5, 0.6) is 0 Å². The fourth-order valence-corrected chi connectivity index (χ4v) is 1.67. The first-order valence-corrected chi connectivity index (χ1v) is 5.47. The van der Waals surface area contributed by atoms with E-state index in [-0.39, 0.29) is 10.2 Å². The van der Waals surface area contributed by atoms with Crippen LogP contribution in [-0.4, -0.2) is 4.98 Å². The van der Waals surface area contributed by atoms with Crippen molar-refractivity contribution in [2.24, 2.45) is 0 Å². The molecule has 1 aromatic carbocycles. The van der Waals surface area contributed by atoms with Gasteiger partial charge in [0.25, 0.3) is 0 Å². The highest BCUT2D eigenvalue weighted by Crippen LogP contribution is 2.23. The molecule has 0 aliphatic rings. The van der Waals surface area contributed by atoms with Gasteiger partial charge in [0.2, 0.25) is 0 Å². The Hall–Kier alpha value is -1.36. The zero-order valence-electron chi connectivity index (χ0n) is 8.23. The topological polar surface area (TPSA) is 27.8 Å². The lowest BCUT2D eigenvalue weighted by molar-refractivity contribution is 0.580. The van der Waals surface area contributed by atoms with Crippen LogP contribution in [-0.2, 0) is 6.54 Å². The van der Waals surface area contributed by atoms with Crippen LogP contribution >= 0.6 is 15.9 Å². The van der Waals surface area contributed by atoms with Gasteiger partial charge in [-0.25, -0.2) is 8.78 Å². The van der Waals surface area contributed by atoms with E-state index in [1.54, 1.807) is 6.20 Å². The summed E-state index contributed by atoms with van der Waals surface area (Å²) in [4.78, 5) is 2.98. The number of nitrogens with one attached hydrogen (secondary N) is 2. The van der Waals surface area contributed by atoms with Gasteiger partial charge in [-0.3, -0.25) is 0 Å². The number of rotatable bonds is 3. The zero-order valence-corrected chi connectivity index (χ0v) is 9.81. The summed E-state index contributed by atoms with van der Waals surface area (Å²) in [5, 5.41) is 2.88. The second kappa shape index (κ2) is 4.65. The van der Waals surface area contributed by atoms with Crippen molar-refractivity contribution in [3.63, 3.8) is 0 Å². The molecule has 0 bridgehead atoms. The number of anilines is 1. The van der Waals surface area contributed by atoms with Gasteiger partial charge in [-0.15, -0.1) is 0 Å². The standard InChI is InChI=1S/C11H9BrF2N2/c12-8-4-11(10(14)5-9(8)13)16-6-7-2-1-3-15-7/h1-5,15-16H,6H2. The Bertz CT molecular complexity index is 483. The summed E-state index contributed by atoms with van der Waals surface area (Å²) < 4.78 is 26.5. The van der Waals surface area contributed by atoms with Crippen LogP contribution in [0.2, 0.25) is 0 Å². The molecule has 2 aromatic rings. The number of hydrogen-bond acceptors (Lipinski definition) is 1. The molecule has 1 aromatic heterocycles. The van der Waals surface area contributed by atoms with Gasteiger partial charge in [0.05, 0.1) is 16.7 Å². The Morgan fingerprint density at radius 3 is 2.75 bits per heavy atom. The number of H-pyrrole nitrogens is 1. The first kappa shape index (κ1) is 11.1. The van der Waals surface area contributed by atoms with E-state index in [1.165, 1.54) is 6.07 Å². The smallest absolute Gasteiger partial charge is 0.149 e. The summed E-state index contributed by atoms with van der Waals surface area (Å²) in [5.41, 5.74) is 1.20. The van der Waals surface area contributed by atoms with E-state index >= 15 is 0 Å². The second-order valence-corrected chi connectivity index (χ2v) is 4.15. The van der Waals surface area contributed by atoms with Gasteiger partial charge in [0, 0.05) is 18.0 Å². The Balaban J connectivity index is 2.12. The monoisotopic (exact) mass is 286 g/mol. The Morgan fingerprint density at radius 1 is 1.25 bits per heavy atom. The van der Waals surface area contributed by atoms with Crippen molar-refractivity contribution in [2.45, 2.75) is 6.54 Å². The molecule has 1 heterocycles. The number of aromatic nitrogens is 1. The summed E-state index contributed by atoms with van der Waals surface area (Å²) in [6.45, 7) is 0.460. The fraction of sp³-hybridized carbons (Fsp3) is 0.0909. The number of hydrogen-bond donors (Lipinski definition) is 2. The van der Waals surface area contributed by atoms with Crippen molar-refractivity contribution in [3.8, 4) is 0 Å². The molecule has 0 unspecified atom stereocenters. The van der Waals surface area contributed by atoms with E-state index in [2.05, 4.69) is 26.2 Å². The van der Waals surface area contributed by atoms with Crippen molar-refractivity contribution in [3.05, 3.63) is 52.3 Å². The predicted molar refractivity (Wildman–Crippen MR) is 62.2 cm³/mol. The molecule has 0 aliphatic heterocycles. The molecule has 2 nitrogen and oxygen atoms in total. The Morgan fingerprint density at radius 2 is 2.06 bits per heavy atom. The minimum Gasteiger partial charge on any atom is -0.377 e. The van der Waals surface area contributed by atoms with Crippen LogP contribution in [0.25, 0.3) is 0 Å². The average Bonchev–Trinajstić information content (AvgIpc) is 2.74. The van der Waals surface area contributed by atoms with Crippen molar-refractivity contribution >= 4 is 21.6 Å². The molecule has 0 fully saturated rings. The van der Waals surface area contributed by atoms with Gasteiger partial charge in [-0.1, -0.05) is 0 Å². The summed E-state index contributed by atoms with van der Waals surface area (Å²) in [6, 6.07) is 5.96. The van der Waals surface area contributed by atoms with Crippen molar-refractivity contribution in [1.29, 1.82) is 0 Å². The molecule has 0 amide bonds. The van der Waals surface area contributed by atoms with Crippen molar-refractivity contribution < 1.29 is 8.78 Å². The number of aromatic amines is 1. The van der Waals surface area contributed by atoms with E-state index < -0.39 is 11.6 Å². The molecule has 0 atom stereocenters. The average molecular weight is 287 g/mol. The first-order chi connectivity index (χ1) is 7.66. The SMILES string of the molecule is Fc1cc(F)c(NCc2ccc[nH]2)cc1Br. The molecule has 0 aliphatic carbocycles. The molecule has 0 saturated heterocycles. The van der Waals surface area contributed by atoms with Crippen LogP contribution in [0.4, 0.5) is 14.5 Å². The molecule has 2 rings (SSSR count). The van der Waals surface area contributed by atoms with E-state index in [4.69, 9.17) is 0 Å². The van der Waals surface area contributed by atoms with Gasteiger partial charge in [-0.2, -0.15) is 0 Å². The predicted octanol–water partition coefficient (Wildman–Crippen LogP) is 3.67. The van der Waals surface area contributed by atoms with Gasteiger partial charge in [-0.05, 0) is 34.1 Å². The van der Waals surface area contributed by atoms with Crippen molar-refractivity contribution in [2.75, 3.05) is 5.32 Å². The maximum absolute atomic E-state index is 13.3. The van der Waals surface area contributed by atoms with Crippen LogP contribution < -0.4 is 5.32 Å². The molecule has 5 heteroatoms. The fourth-order valence-electron chi connectivity index (χ4n) is 1.33. The lowest BCUT2D eigenvalue weighted by Crippen LogP contribution is -2.02. The third-order valence-corrected chi connectivity index (χ3v) is 2.75. The van der Waals surface area contributed by atoms with Crippen LogP contribution in [0.3, 0.4) is 0 Å². The largest absolute Gasteiger partial charge is 0.377 e. The highest BCUT2D eigenvalue weighted by molar-refractivity contribution is 9.10. The highest BCUT2D eigenvalue weighted by Gasteiger charge is 2.07. The third kappa shape index (κ3) is 2.41. The molecule has 0 spiro atoms. The maximum atomic E-state index is 13.3. The summed E-state index contributed by atoms with van der Waals surface area (Å²) >= 11 is 3.01. The van der Waals surface area contributed by atoms with Crippen molar-refractivity contribution in [1.82, 2.24) is 4.98 Å². The van der Waals surface area contributed by atoms with Gasteiger partial charge >= 0.3 is 0 Å². The summed E-state index contributed by atoms with van der Waals surface area (Å²) in [6.07, 6.45) is 1.79. The minimum absolute atomic E-state index is 0.239. The summed E-state index contributed by atoms with van der Waals surface area (Å²) in [5.74, 6) is -1.21. The first-order valence-electron chi connectivity index (χ1n) is 4.67. The third-order valence-electron chi connectivity index (χ3n) is 2.14. The molecular formula is C11H9BrF2N2. The van der Waals surface area contributed by atoms with Crippen LogP contribution in [0, 0.1) is 11.6 Å². The molecule has 2 N–H and O–H groups in total. The van der Waals surface area contributed by atoms with E-state index in [9.17, 15) is 8.78 Å². The molecule has 84 valence electrons. The molecule has 0 saturated carbocycles. The van der Waals surface area contributed by atoms with Gasteiger partial charge in [0.1, 0.15) is 11.6 Å². The normalized spacial score (nSPS) is 10.4. The minimum atomic E-state index is -0.608. The van der Waals surface area contributed by atoms with E-state index in [1.807, 2.05) is 12.1 Å². The lowest BCUT2D eigenvalue weighted by atomic mass is 10.3. The molecular weight excluding hydrogens is 278 g/mol. The van der Waals surface area contributed by atoms with Gasteiger partial charge in [0.15, 0.2) is 0 Å². The second-order valence-electron chi connectivity index (χ2n) is 3.30. The van der Waals surface area contributed by atoms with Crippen LogP contribution in [0.15, 0.2) is 34.9 Å². The van der Waals surface area contributed by atoms with Crippen LogP contribution in [0.1, 0.15) is 5.69 Å². The van der Waals surface area contributed by atoms with E-state index in [0.29, 0.717) is 6.54 Å². The highest BCUT2D eigenvalue weighted by atomic mass is 79.9. The number of halogens is 3.